The molecule has 1 rings (SSSR count). The highest BCUT2D eigenvalue weighted by Gasteiger charge is 2.30. The summed E-state index contributed by atoms with van der Waals surface area (Å²) < 4.78 is 0. The Bertz CT molecular complexity index is 379. The molecule has 1 aliphatic heterocycles. The van der Waals surface area contributed by atoms with Crippen molar-refractivity contribution >= 4 is 12.0 Å². The molecular formula is C15H29N3O3. The number of rotatable bonds is 5. The molecule has 0 radical (unpaired) electrons. The summed E-state index contributed by atoms with van der Waals surface area (Å²) in [4.78, 5) is 29.1. The van der Waals surface area contributed by atoms with Crippen LogP contribution in [0, 0.1) is 5.92 Å². The Morgan fingerprint density at radius 2 is 1.95 bits per heavy atom. The summed E-state index contributed by atoms with van der Waals surface area (Å²) in [6, 6.07) is -0.0849. The van der Waals surface area contributed by atoms with Gasteiger partial charge in [-0.15, -0.1) is 0 Å². The number of nitrogens with zero attached hydrogens (tertiary/aromatic N) is 3. The van der Waals surface area contributed by atoms with Crippen LogP contribution >= 0.6 is 0 Å². The van der Waals surface area contributed by atoms with Crippen molar-refractivity contribution in [2.24, 2.45) is 5.92 Å². The Morgan fingerprint density at radius 3 is 2.38 bits per heavy atom. The summed E-state index contributed by atoms with van der Waals surface area (Å²) in [6.45, 7) is 8.87. The number of hydrogen-bond acceptors (Lipinski definition) is 3. The number of hydrogen-bond donors (Lipinski definition) is 1. The van der Waals surface area contributed by atoms with Crippen LogP contribution in [0.15, 0.2) is 0 Å². The van der Waals surface area contributed by atoms with Crippen LogP contribution in [0.5, 0.6) is 0 Å². The lowest BCUT2D eigenvalue weighted by Crippen LogP contribution is -2.52. The Kier molecular flexibility index (Phi) is 6.01. The number of carbonyl (C=O) groups is 2. The zero-order valence-electron chi connectivity index (χ0n) is 13.9. The molecule has 1 heterocycles. The van der Waals surface area contributed by atoms with Crippen LogP contribution in [0.2, 0.25) is 0 Å². The SMILES string of the molecule is CN1CCC(CN(C)C(=O)N(CCC(=O)O)C(C)(C)C)C1. The van der Waals surface area contributed by atoms with E-state index in [9.17, 15) is 9.59 Å². The maximum atomic E-state index is 12.6. The van der Waals surface area contributed by atoms with Crippen molar-refractivity contribution in [2.45, 2.75) is 39.2 Å². The Morgan fingerprint density at radius 1 is 1.33 bits per heavy atom. The standard InChI is InChI=1S/C15H29N3O3/c1-15(2,3)18(9-7-13(19)20)14(21)17(5)11-12-6-8-16(4)10-12/h12H,6-11H2,1-5H3,(H,19,20). The van der Waals surface area contributed by atoms with Gasteiger partial charge in [0.1, 0.15) is 0 Å². The maximum absolute atomic E-state index is 12.6. The van der Waals surface area contributed by atoms with E-state index in [2.05, 4.69) is 11.9 Å². The van der Waals surface area contributed by atoms with Gasteiger partial charge >= 0.3 is 12.0 Å². The van der Waals surface area contributed by atoms with Crippen LogP contribution in [-0.4, -0.2) is 77.6 Å². The van der Waals surface area contributed by atoms with Crippen LogP contribution in [0.1, 0.15) is 33.6 Å². The van der Waals surface area contributed by atoms with Gasteiger partial charge in [-0.3, -0.25) is 4.79 Å². The van der Waals surface area contributed by atoms with E-state index in [0.717, 1.165) is 26.1 Å². The number of aliphatic carboxylic acids is 1. The molecule has 21 heavy (non-hydrogen) atoms. The lowest BCUT2D eigenvalue weighted by Gasteiger charge is -2.38. The summed E-state index contributed by atoms with van der Waals surface area (Å²) in [5.74, 6) is -0.373. The molecular weight excluding hydrogens is 270 g/mol. The predicted molar refractivity (Wildman–Crippen MR) is 82.3 cm³/mol. The van der Waals surface area contributed by atoms with Crippen LogP contribution in [0.4, 0.5) is 4.79 Å². The number of urea groups is 1. The van der Waals surface area contributed by atoms with Gasteiger partial charge in [0, 0.05) is 32.2 Å². The van der Waals surface area contributed by atoms with Gasteiger partial charge in [0.15, 0.2) is 0 Å². The normalized spacial score (nSPS) is 19.6. The van der Waals surface area contributed by atoms with Gasteiger partial charge in [-0.05, 0) is 46.7 Å². The quantitative estimate of drug-likeness (QED) is 0.837. The topological polar surface area (TPSA) is 64.1 Å². The fraction of sp³-hybridized carbons (Fsp3) is 0.867. The number of carboxylic acids is 1. The van der Waals surface area contributed by atoms with E-state index >= 15 is 0 Å². The van der Waals surface area contributed by atoms with E-state index < -0.39 is 5.97 Å². The highest BCUT2D eigenvalue weighted by atomic mass is 16.4. The lowest BCUT2D eigenvalue weighted by molar-refractivity contribution is -0.137. The second kappa shape index (κ2) is 7.11. The molecule has 0 aromatic rings. The third-order valence-electron chi connectivity index (χ3n) is 3.94. The second-order valence-electron chi connectivity index (χ2n) is 7.05. The molecule has 6 nitrogen and oxygen atoms in total. The molecule has 0 aliphatic carbocycles. The highest BCUT2D eigenvalue weighted by molar-refractivity contribution is 5.76. The maximum Gasteiger partial charge on any atom is 0.320 e. The summed E-state index contributed by atoms with van der Waals surface area (Å²) in [7, 11) is 3.90. The molecule has 0 bridgehead atoms. The minimum Gasteiger partial charge on any atom is -0.481 e. The first-order valence-corrected chi connectivity index (χ1v) is 7.54. The smallest absolute Gasteiger partial charge is 0.320 e. The summed E-state index contributed by atoms with van der Waals surface area (Å²) in [5.41, 5.74) is -0.382. The second-order valence-corrected chi connectivity index (χ2v) is 7.05. The highest BCUT2D eigenvalue weighted by Crippen LogP contribution is 2.19. The number of likely N-dealkylation sites (tertiary alicyclic amines) is 1. The van der Waals surface area contributed by atoms with Crippen molar-refractivity contribution in [2.75, 3.05) is 40.3 Å². The Labute approximate surface area is 127 Å². The zero-order valence-corrected chi connectivity index (χ0v) is 13.9. The van der Waals surface area contributed by atoms with Crippen molar-refractivity contribution in [3.05, 3.63) is 0 Å². The first-order valence-electron chi connectivity index (χ1n) is 7.54. The fourth-order valence-electron chi connectivity index (χ4n) is 2.77. The fourth-order valence-corrected chi connectivity index (χ4v) is 2.77. The van der Waals surface area contributed by atoms with E-state index in [0.29, 0.717) is 5.92 Å². The predicted octanol–water partition coefficient (Wildman–Crippen LogP) is 1.57. The minimum atomic E-state index is -0.878. The van der Waals surface area contributed by atoms with Crippen molar-refractivity contribution in [1.29, 1.82) is 0 Å². The molecule has 1 saturated heterocycles. The van der Waals surface area contributed by atoms with Gasteiger partial charge in [0.2, 0.25) is 0 Å². The largest absolute Gasteiger partial charge is 0.481 e. The third kappa shape index (κ3) is 5.53. The number of carboxylic acid groups (broad SMARTS) is 1. The molecule has 1 N–H and O–H groups in total. The van der Waals surface area contributed by atoms with Crippen LogP contribution in [0.3, 0.4) is 0 Å². The van der Waals surface area contributed by atoms with Crippen molar-refractivity contribution in [1.82, 2.24) is 14.7 Å². The molecule has 1 unspecified atom stereocenters. The van der Waals surface area contributed by atoms with Crippen LogP contribution in [0.25, 0.3) is 0 Å². The van der Waals surface area contributed by atoms with Gasteiger partial charge in [0.05, 0.1) is 6.42 Å². The van der Waals surface area contributed by atoms with Gasteiger partial charge in [-0.2, -0.15) is 0 Å². The van der Waals surface area contributed by atoms with Gasteiger partial charge < -0.3 is 19.8 Å². The molecule has 0 spiro atoms. The van der Waals surface area contributed by atoms with Gasteiger partial charge in [-0.25, -0.2) is 4.79 Å². The zero-order chi connectivity index (χ0) is 16.2. The third-order valence-corrected chi connectivity index (χ3v) is 3.94. The molecule has 1 atom stereocenters. The van der Waals surface area contributed by atoms with E-state index in [1.54, 1.807) is 16.8 Å². The van der Waals surface area contributed by atoms with E-state index in [-0.39, 0.29) is 24.5 Å². The van der Waals surface area contributed by atoms with Crippen molar-refractivity contribution in [3.63, 3.8) is 0 Å². The van der Waals surface area contributed by atoms with E-state index in [4.69, 9.17) is 5.11 Å². The Balaban J connectivity index is 2.63. The average Bonchev–Trinajstić information content (AvgIpc) is 2.72. The molecule has 0 saturated carbocycles. The molecule has 1 aliphatic rings. The Hall–Kier alpha value is -1.30. The number of amides is 2. The molecule has 0 aromatic carbocycles. The molecule has 122 valence electrons. The molecule has 2 amide bonds. The average molecular weight is 299 g/mol. The summed E-state index contributed by atoms with van der Waals surface area (Å²) in [6.07, 6.45) is 1.09. The first-order chi connectivity index (χ1) is 9.61. The van der Waals surface area contributed by atoms with E-state index in [1.165, 1.54) is 0 Å². The summed E-state index contributed by atoms with van der Waals surface area (Å²) >= 11 is 0. The van der Waals surface area contributed by atoms with Gasteiger partial charge in [-0.1, -0.05) is 0 Å². The lowest BCUT2D eigenvalue weighted by atomic mass is 10.1. The monoisotopic (exact) mass is 299 g/mol. The van der Waals surface area contributed by atoms with Crippen molar-refractivity contribution < 1.29 is 14.7 Å². The van der Waals surface area contributed by atoms with Crippen LogP contribution in [-0.2, 0) is 4.79 Å². The van der Waals surface area contributed by atoms with E-state index in [1.807, 2.05) is 20.8 Å². The first kappa shape index (κ1) is 17.8. The molecule has 0 aromatic heterocycles. The molecule has 1 fully saturated rings. The summed E-state index contributed by atoms with van der Waals surface area (Å²) in [5, 5.41) is 8.85. The van der Waals surface area contributed by atoms with Crippen LogP contribution < -0.4 is 0 Å². The molecule has 6 heteroatoms. The minimum absolute atomic E-state index is 0.0248. The van der Waals surface area contributed by atoms with Gasteiger partial charge in [0.25, 0.3) is 0 Å². The van der Waals surface area contributed by atoms with Crippen molar-refractivity contribution in [3.8, 4) is 0 Å². The number of carbonyl (C=O) groups excluding carboxylic acids is 1.